The molecule has 0 unspecified atom stereocenters. The quantitative estimate of drug-likeness (QED) is 0.414. The normalized spacial score (nSPS) is 9.31. The van der Waals surface area contributed by atoms with Crippen LogP contribution in [-0.4, -0.2) is 22.0 Å². The van der Waals surface area contributed by atoms with E-state index >= 15 is 0 Å². The number of rotatable bonds is 2. The monoisotopic (exact) mass is 181 g/mol. The summed E-state index contributed by atoms with van der Waals surface area (Å²) in [6, 6.07) is 4.16. The molecule has 0 aliphatic rings. The Morgan fingerprint density at radius 3 is 2.54 bits per heavy atom. The van der Waals surface area contributed by atoms with E-state index in [1.807, 2.05) is 0 Å². The molecule has 2 amide bonds. The second kappa shape index (κ2) is 3.63. The van der Waals surface area contributed by atoms with Gasteiger partial charge in [-0.05, 0) is 12.1 Å². The van der Waals surface area contributed by atoms with Crippen molar-refractivity contribution in [1.82, 2.24) is 10.5 Å². The van der Waals surface area contributed by atoms with Gasteiger partial charge in [0.15, 0.2) is 0 Å². The molecule has 0 fully saturated rings. The largest absolute Gasteiger partial charge is 0.364 e. The molecule has 0 aliphatic heterocycles. The average molecular weight is 181 g/mol. The van der Waals surface area contributed by atoms with E-state index in [1.165, 1.54) is 23.7 Å². The van der Waals surface area contributed by atoms with Gasteiger partial charge < -0.3 is 5.73 Å². The maximum atomic E-state index is 10.8. The van der Waals surface area contributed by atoms with Gasteiger partial charge in [0.1, 0.15) is 11.4 Å². The topological polar surface area (TPSA) is 105 Å². The molecule has 0 aromatic carbocycles. The zero-order valence-corrected chi connectivity index (χ0v) is 6.52. The molecule has 0 aliphatic carbocycles. The highest BCUT2D eigenvalue weighted by molar-refractivity contribution is 5.95. The number of hydrogen-bond donors (Lipinski definition) is 3. The third-order valence-electron chi connectivity index (χ3n) is 1.34. The Hall–Kier alpha value is -1.95. The highest BCUT2D eigenvalue weighted by Crippen LogP contribution is 1.98. The number of primary amides is 1. The molecular weight excluding hydrogens is 174 g/mol. The minimum atomic E-state index is -0.789. The van der Waals surface area contributed by atoms with E-state index in [1.54, 1.807) is 0 Å². The van der Waals surface area contributed by atoms with Crippen molar-refractivity contribution in [3.05, 3.63) is 29.6 Å². The van der Waals surface area contributed by atoms with Gasteiger partial charge >= 0.3 is 0 Å². The van der Waals surface area contributed by atoms with Gasteiger partial charge in [0.25, 0.3) is 11.8 Å². The molecule has 1 rings (SSSR count). The number of aromatic nitrogens is 1. The third-order valence-corrected chi connectivity index (χ3v) is 1.34. The molecular formula is C7H7N3O3. The summed E-state index contributed by atoms with van der Waals surface area (Å²) in [6.07, 6.45) is 0. The van der Waals surface area contributed by atoms with Crippen molar-refractivity contribution >= 4 is 11.8 Å². The molecule has 6 nitrogen and oxygen atoms in total. The van der Waals surface area contributed by atoms with Crippen LogP contribution in [0.15, 0.2) is 18.2 Å². The fraction of sp³-hybridized carbons (Fsp3) is 0. The van der Waals surface area contributed by atoms with Gasteiger partial charge in [-0.25, -0.2) is 10.5 Å². The Kier molecular flexibility index (Phi) is 2.56. The fourth-order valence-corrected chi connectivity index (χ4v) is 0.756. The first-order chi connectivity index (χ1) is 6.15. The van der Waals surface area contributed by atoms with Crippen LogP contribution < -0.4 is 11.2 Å². The molecule has 1 aromatic rings. The van der Waals surface area contributed by atoms with E-state index in [2.05, 4.69) is 4.98 Å². The van der Waals surface area contributed by atoms with E-state index in [4.69, 9.17) is 10.9 Å². The lowest BCUT2D eigenvalue weighted by molar-refractivity contribution is 0.0700. The molecule has 68 valence electrons. The number of pyridine rings is 1. The van der Waals surface area contributed by atoms with Crippen molar-refractivity contribution in [3.8, 4) is 0 Å². The van der Waals surface area contributed by atoms with E-state index < -0.39 is 11.8 Å². The number of carbonyl (C=O) groups excluding carboxylic acids is 2. The standard InChI is InChI=1S/C7H7N3O3/c8-6(11)4-2-1-3-5(9-4)7(12)10-13/h1-3,13H,(H2,8,11)(H,10,12). The third kappa shape index (κ3) is 2.00. The lowest BCUT2D eigenvalue weighted by Gasteiger charge is -1.98. The van der Waals surface area contributed by atoms with Crippen LogP contribution in [0.2, 0.25) is 0 Å². The first-order valence-electron chi connectivity index (χ1n) is 3.36. The SMILES string of the molecule is NC(=O)c1cccc(C(=O)NO)n1. The van der Waals surface area contributed by atoms with Crippen LogP contribution in [0.1, 0.15) is 21.0 Å². The summed E-state index contributed by atoms with van der Waals surface area (Å²) >= 11 is 0. The van der Waals surface area contributed by atoms with Gasteiger partial charge in [0.2, 0.25) is 0 Å². The van der Waals surface area contributed by atoms with E-state index in [9.17, 15) is 9.59 Å². The van der Waals surface area contributed by atoms with Gasteiger partial charge in [0, 0.05) is 0 Å². The summed E-state index contributed by atoms with van der Waals surface area (Å²) in [7, 11) is 0. The van der Waals surface area contributed by atoms with Gasteiger partial charge in [0.05, 0.1) is 0 Å². The Morgan fingerprint density at radius 1 is 1.38 bits per heavy atom. The minimum absolute atomic E-state index is 0.0268. The smallest absolute Gasteiger partial charge is 0.293 e. The lowest BCUT2D eigenvalue weighted by Crippen LogP contribution is -2.22. The number of nitrogens with one attached hydrogen (secondary N) is 1. The zero-order valence-electron chi connectivity index (χ0n) is 6.52. The molecule has 0 saturated heterocycles. The highest BCUT2D eigenvalue weighted by atomic mass is 16.5. The first kappa shape index (κ1) is 9.14. The zero-order chi connectivity index (χ0) is 9.84. The Labute approximate surface area is 73.3 Å². The van der Waals surface area contributed by atoms with Crippen molar-refractivity contribution in [1.29, 1.82) is 0 Å². The Bertz CT molecular complexity index is 351. The van der Waals surface area contributed by atoms with Gasteiger partial charge in [-0.15, -0.1) is 0 Å². The molecule has 0 bridgehead atoms. The van der Waals surface area contributed by atoms with Crippen LogP contribution in [-0.2, 0) is 0 Å². The summed E-state index contributed by atoms with van der Waals surface area (Å²) in [5.41, 5.74) is 6.23. The molecule has 0 saturated carbocycles. The van der Waals surface area contributed by atoms with Gasteiger partial charge in [-0.2, -0.15) is 0 Å². The predicted octanol–water partition coefficient (Wildman–Crippen LogP) is -0.701. The summed E-state index contributed by atoms with van der Waals surface area (Å²) < 4.78 is 0. The molecule has 1 aromatic heterocycles. The van der Waals surface area contributed by atoms with Crippen molar-refractivity contribution in [3.63, 3.8) is 0 Å². The van der Waals surface area contributed by atoms with Crippen LogP contribution in [0.4, 0.5) is 0 Å². The Balaban J connectivity index is 3.05. The summed E-state index contributed by atoms with van der Waals surface area (Å²) in [5, 5.41) is 8.26. The number of carbonyl (C=O) groups is 2. The molecule has 6 heteroatoms. The predicted molar refractivity (Wildman–Crippen MR) is 42.0 cm³/mol. The van der Waals surface area contributed by atoms with E-state index in [0.717, 1.165) is 0 Å². The van der Waals surface area contributed by atoms with Crippen molar-refractivity contribution in [2.24, 2.45) is 5.73 Å². The fourth-order valence-electron chi connectivity index (χ4n) is 0.756. The number of nitrogens with zero attached hydrogens (tertiary/aromatic N) is 1. The molecule has 0 spiro atoms. The summed E-state index contributed by atoms with van der Waals surface area (Å²) in [6.45, 7) is 0. The van der Waals surface area contributed by atoms with Crippen molar-refractivity contribution in [2.75, 3.05) is 0 Å². The average Bonchev–Trinajstić information content (AvgIpc) is 2.17. The van der Waals surface area contributed by atoms with Crippen molar-refractivity contribution in [2.45, 2.75) is 0 Å². The van der Waals surface area contributed by atoms with Crippen LogP contribution in [0.5, 0.6) is 0 Å². The van der Waals surface area contributed by atoms with E-state index in [-0.39, 0.29) is 11.4 Å². The number of hydroxylamine groups is 1. The van der Waals surface area contributed by atoms with Gasteiger partial charge in [-0.3, -0.25) is 14.8 Å². The lowest BCUT2D eigenvalue weighted by atomic mass is 10.3. The molecule has 4 N–H and O–H groups in total. The van der Waals surface area contributed by atoms with Crippen LogP contribution in [0, 0.1) is 0 Å². The maximum absolute atomic E-state index is 10.8. The molecule has 1 heterocycles. The maximum Gasteiger partial charge on any atom is 0.293 e. The van der Waals surface area contributed by atoms with Crippen LogP contribution >= 0.6 is 0 Å². The van der Waals surface area contributed by atoms with Crippen molar-refractivity contribution < 1.29 is 14.8 Å². The second-order valence-corrected chi connectivity index (χ2v) is 2.21. The molecule has 0 radical (unpaired) electrons. The minimum Gasteiger partial charge on any atom is -0.364 e. The van der Waals surface area contributed by atoms with E-state index in [0.29, 0.717) is 0 Å². The highest BCUT2D eigenvalue weighted by Gasteiger charge is 2.08. The molecule has 13 heavy (non-hydrogen) atoms. The summed E-state index contributed by atoms with van der Waals surface area (Å²) in [4.78, 5) is 25.0. The number of hydrogen-bond acceptors (Lipinski definition) is 4. The van der Waals surface area contributed by atoms with Crippen LogP contribution in [0.25, 0.3) is 0 Å². The number of nitrogens with two attached hydrogens (primary N) is 1. The first-order valence-corrected chi connectivity index (χ1v) is 3.36. The Morgan fingerprint density at radius 2 is 2.00 bits per heavy atom. The van der Waals surface area contributed by atoms with Gasteiger partial charge in [-0.1, -0.05) is 6.07 Å². The van der Waals surface area contributed by atoms with Crippen LogP contribution in [0.3, 0.4) is 0 Å². The summed E-state index contributed by atoms with van der Waals surface area (Å²) in [5.74, 6) is -1.52. The second-order valence-electron chi connectivity index (χ2n) is 2.21. The molecule has 0 atom stereocenters. The number of amides is 2.